The fourth-order valence-electron chi connectivity index (χ4n) is 8.71. The van der Waals surface area contributed by atoms with Crippen molar-refractivity contribution in [3.8, 4) is 0 Å². The van der Waals surface area contributed by atoms with Crippen molar-refractivity contribution in [2.24, 2.45) is 0 Å². The Hall–Kier alpha value is -3.96. The van der Waals surface area contributed by atoms with Crippen LogP contribution in [0, 0.1) is 0 Å². The summed E-state index contributed by atoms with van der Waals surface area (Å²) in [6.45, 7) is 1.91. The molecule has 8 nitrogen and oxygen atoms in total. The number of unbranched alkanes of at least 4 members (excludes halogenated alkanes) is 1. The minimum absolute atomic E-state index is 0.0337. The van der Waals surface area contributed by atoms with E-state index in [9.17, 15) is 19.8 Å². The lowest BCUT2D eigenvalue weighted by Crippen LogP contribution is -2.49. The van der Waals surface area contributed by atoms with E-state index < -0.39 is 9.87 Å². The van der Waals surface area contributed by atoms with Crippen LogP contribution in [0.2, 0.25) is 0 Å². The third kappa shape index (κ3) is 6.82. The van der Waals surface area contributed by atoms with Crippen molar-refractivity contribution < 1.29 is 19.8 Å². The molecule has 6 atom stereocenters. The largest absolute Gasteiger partial charge is 0.377 e. The second-order valence-corrected chi connectivity index (χ2v) is 17.2. The number of amides is 4. The third-order valence-corrected chi connectivity index (χ3v) is 14.1. The first-order valence-electron chi connectivity index (χ1n) is 18.4. The van der Waals surface area contributed by atoms with E-state index in [-0.39, 0.29) is 36.2 Å². The molecule has 0 spiro atoms. The van der Waals surface area contributed by atoms with Gasteiger partial charge in [-0.1, -0.05) is 121 Å². The van der Waals surface area contributed by atoms with Gasteiger partial charge in [0.15, 0.2) is 0 Å². The minimum Gasteiger partial charge on any atom is -0.377 e. The molecule has 4 heterocycles. The quantitative estimate of drug-likeness (QED) is 0.112. The highest BCUT2D eigenvalue weighted by atomic mass is 32.2. The van der Waals surface area contributed by atoms with Crippen LogP contribution >= 0.6 is 23.5 Å². The summed E-state index contributed by atoms with van der Waals surface area (Å²) in [6.07, 6.45) is 2.41. The summed E-state index contributed by atoms with van der Waals surface area (Å²) in [4.78, 5) is 33.6. The molecule has 4 aromatic carbocycles. The molecule has 0 saturated carbocycles. The zero-order valence-corrected chi connectivity index (χ0v) is 30.9. The number of benzene rings is 4. The van der Waals surface area contributed by atoms with E-state index >= 15 is 0 Å². The summed E-state index contributed by atoms with van der Waals surface area (Å²) in [7, 11) is 0. The SMILES string of the molecule is O=C1N(Cc2ccccc2)C2CSC(O)(CCCCC3(O)SCC4C3N(Cc3ccccc3)C(=O)N4Cc3ccccc3)C2N1Cc1ccccc1. The first-order valence-corrected chi connectivity index (χ1v) is 20.3. The van der Waals surface area contributed by atoms with Gasteiger partial charge in [0.25, 0.3) is 0 Å². The van der Waals surface area contributed by atoms with Gasteiger partial charge >= 0.3 is 12.1 Å². The molecule has 4 amide bonds. The normalized spacial score (nSPS) is 28.2. The molecule has 8 rings (SSSR count). The molecule has 0 radical (unpaired) electrons. The fourth-order valence-corrected chi connectivity index (χ4v) is 11.8. The molecule has 2 N–H and O–H groups in total. The molecule has 0 aliphatic carbocycles. The number of thioether (sulfide) groups is 2. The Labute approximate surface area is 314 Å². The monoisotopic (exact) mass is 734 g/mol. The van der Waals surface area contributed by atoms with Crippen molar-refractivity contribution in [1.82, 2.24) is 19.6 Å². The van der Waals surface area contributed by atoms with Gasteiger partial charge < -0.3 is 29.8 Å². The Balaban J connectivity index is 0.973. The second-order valence-electron chi connectivity index (χ2n) is 14.6. The second kappa shape index (κ2) is 14.8. The van der Waals surface area contributed by atoms with E-state index in [2.05, 4.69) is 0 Å². The average Bonchev–Trinajstić information content (AvgIpc) is 3.85. The van der Waals surface area contributed by atoms with Crippen LogP contribution in [0.5, 0.6) is 0 Å². The number of aliphatic hydroxyl groups is 2. The topological polar surface area (TPSA) is 87.6 Å². The third-order valence-electron chi connectivity index (χ3n) is 11.2. The number of nitrogens with zero attached hydrogens (tertiary/aromatic N) is 4. The van der Waals surface area contributed by atoms with E-state index in [0.29, 0.717) is 63.4 Å². The van der Waals surface area contributed by atoms with Crippen LogP contribution in [0.4, 0.5) is 9.59 Å². The van der Waals surface area contributed by atoms with Gasteiger partial charge in [0, 0.05) is 37.7 Å². The van der Waals surface area contributed by atoms with Gasteiger partial charge in [0.05, 0.1) is 24.2 Å². The summed E-state index contributed by atoms with van der Waals surface area (Å²) >= 11 is 3.12. The maximum atomic E-state index is 14.1. The summed E-state index contributed by atoms with van der Waals surface area (Å²) in [6, 6.07) is 39.2. The van der Waals surface area contributed by atoms with Gasteiger partial charge in [-0.2, -0.15) is 0 Å². The van der Waals surface area contributed by atoms with Crippen molar-refractivity contribution in [1.29, 1.82) is 0 Å². The zero-order valence-electron chi connectivity index (χ0n) is 29.2. The molecule has 0 aromatic heterocycles. The first kappa shape index (κ1) is 35.1. The van der Waals surface area contributed by atoms with Crippen molar-refractivity contribution in [3.63, 3.8) is 0 Å². The Bertz CT molecular complexity index is 1710. The standard InChI is InChI=1S/C42H46N4O4S2/c47-39-43(25-31-15-5-1-6-16-31)35-29-51-41(49,37(35)45(39)27-33-19-9-3-10-20-33)23-13-14-24-42(50)38-36(30-52-42)44(26-32-17-7-2-8-18-32)40(48)46(38)28-34-21-11-4-12-22-34/h1-12,15-22,35-38,49-50H,13-14,23-30H2. The molecule has 270 valence electrons. The number of urea groups is 2. The van der Waals surface area contributed by atoms with Crippen LogP contribution in [-0.4, -0.2) is 87.4 Å². The smallest absolute Gasteiger partial charge is 0.321 e. The van der Waals surface area contributed by atoms with E-state index in [4.69, 9.17) is 0 Å². The number of carbonyl (C=O) groups excluding carboxylic acids is 2. The van der Waals surface area contributed by atoms with E-state index in [1.54, 1.807) is 23.5 Å². The van der Waals surface area contributed by atoms with E-state index in [1.165, 1.54) is 0 Å². The number of carbonyl (C=O) groups is 2. The number of fused-ring (bicyclic) bond motifs is 2. The number of rotatable bonds is 13. The number of hydrogen-bond donors (Lipinski definition) is 2. The Kier molecular flexibility index (Phi) is 10.00. The summed E-state index contributed by atoms with van der Waals surface area (Å²) in [5.41, 5.74) is 4.23. The summed E-state index contributed by atoms with van der Waals surface area (Å²) < 4.78 is 0. The maximum Gasteiger partial charge on any atom is 0.321 e. The lowest BCUT2D eigenvalue weighted by atomic mass is 9.94. The highest BCUT2D eigenvalue weighted by molar-refractivity contribution is 8.01. The highest BCUT2D eigenvalue weighted by Gasteiger charge is 2.61. The highest BCUT2D eigenvalue weighted by Crippen LogP contribution is 2.51. The Morgan fingerprint density at radius 2 is 0.769 bits per heavy atom. The predicted octanol–water partition coefficient (Wildman–Crippen LogP) is 7.17. The molecule has 4 aromatic rings. The molecule has 4 aliphatic heterocycles. The van der Waals surface area contributed by atoms with Gasteiger partial charge in [-0.05, 0) is 47.9 Å². The molecule has 4 aliphatic rings. The van der Waals surface area contributed by atoms with Crippen LogP contribution < -0.4 is 0 Å². The van der Waals surface area contributed by atoms with Crippen LogP contribution in [0.3, 0.4) is 0 Å². The molecule has 4 saturated heterocycles. The lowest BCUT2D eigenvalue weighted by Gasteiger charge is -2.36. The van der Waals surface area contributed by atoms with E-state index in [0.717, 1.165) is 22.3 Å². The minimum atomic E-state index is -1.11. The maximum absolute atomic E-state index is 14.1. The van der Waals surface area contributed by atoms with Gasteiger partial charge in [0.2, 0.25) is 0 Å². The summed E-state index contributed by atoms with van der Waals surface area (Å²) in [5, 5.41) is 24.7. The number of hydrogen-bond acceptors (Lipinski definition) is 6. The van der Waals surface area contributed by atoms with Crippen LogP contribution in [0.25, 0.3) is 0 Å². The molecule has 10 heteroatoms. The fraction of sp³-hybridized carbons (Fsp3) is 0.381. The molecule has 0 bridgehead atoms. The Morgan fingerprint density at radius 1 is 0.481 bits per heavy atom. The van der Waals surface area contributed by atoms with Gasteiger partial charge in [-0.15, -0.1) is 23.5 Å². The molecule has 4 fully saturated rings. The molecular weight excluding hydrogens is 689 g/mol. The van der Waals surface area contributed by atoms with Gasteiger partial charge in [-0.3, -0.25) is 0 Å². The van der Waals surface area contributed by atoms with Crippen molar-refractivity contribution in [2.75, 3.05) is 11.5 Å². The van der Waals surface area contributed by atoms with Crippen LogP contribution in [0.1, 0.15) is 47.9 Å². The van der Waals surface area contributed by atoms with Gasteiger partial charge in [0.1, 0.15) is 9.87 Å². The first-order chi connectivity index (χ1) is 25.3. The van der Waals surface area contributed by atoms with Crippen molar-refractivity contribution in [2.45, 2.75) is 85.9 Å². The Morgan fingerprint density at radius 3 is 1.08 bits per heavy atom. The predicted molar refractivity (Wildman–Crippen MR) is 207 cm³/mol. The lowest BCUT2D eigenvalue weighted by molar-refractivity contribution is 0.0315. The van der Waals surface area contributed by atoms with Crippen molar-refractivity contribution >= 4 is 35.6 Å². The summed E-state index contributed by atoms with van der Waals surface area (Å²) in [5.74, 6) is 1.34. The van der Waals surface area contributed by atoms with Crippen LogP contribution in [0.15, 0.2) is 121 Å². The zero-order chi connectivity index (χ0) is 35.7. The molecule has 52 heavy (non-hydrogen) atoms. The van der Waals surface area contributed by atoms with Gasteiger partial charge in [-0.25, -0.2) is 9.59 Å². The van der Waals surface area contributed by atoms with E-state index in [1.807, 2.05) is 141 Å². The van der Waals surface area contributed by atoms with Crippen molar-refractivity contribution in [3.05, 3.63) is 144 Å². The molecular formula is C42H46N4O4S2. The van der Waals surface area contributed by atoms with Crippen LogP contribution in [-0.2, 0) is 26.2 Å². The molecule has 6 unspecified atom stereocenters. The average molecular weight is 735 g/mol.